The normalized spacial score (nSPS) is 10.9. The summed E-state index contributed by atoms with van der Waals surface area (Å²) in [5.41, 5.74) is 6.44. The van der Waals surface area contributed by atoms with Crippen LogP contribution in [-0.2, 0) is 6.42 Å². The number of aromatic nitrogens is 5. The van der Waals surface area contributed by atoms with Crippen LogP contribution in [0.15, 0.2) is 60.1 Å². The van der Waals surface area contributed by atoms with E-state index in [2.05, 4.69) is 40.8 Å². The number of methoxy groups -OCH3 is 1. The Morgan fingerprint density at radius 2 is 2.07 bits per heavy atom. The molecule has 4 aromatic rings. The van der Waals surface area contributed by atoms with E-state index in [1.165, 1.54) is 11.1 Å². The van der Waals surface area contributed by atoms with Gasteiger partial charge in [0, 0.05) is 30.4 Å². The van der Waals surface area contributed by atoms with Gasteiger partial charge in [0.2, 0.25) is 5.88 Å². The lowest BCUT2D eigenvalue weighted by atomic mass is 10.0. The monoisotopic (exact) mass is 387 g/mol. The van der Waals surface area contributed by atoms with E-state index in [0.717, 1.165) is 22.4 Å². The average molecular weight is 387 g/mol. The molecule has 4 rings (SSSR count). The third kappa shape index (κ3) is 3.67. The van der Waals surface area contributed by atoms with Crippen molar-refractivity contribution < 1.29 is 9.26 Å². The summed E-state index contributed by atoms with van der Waals surface area (Å²) < 4.78 is 12.1. The van der Waals surface area contributed by atoms with Gasteiger partial charge in [0.05, 0.1) is 18.4 Å². The molecule has 0 amide bonds. The Morgan fingerprint density at radius 1 is 1.24 bits per heavy atom. The van der Waals surface area contributed by atoms with Crippen molar-refractivity contribution in [3.63, 3.8) is 0 Å². The van der Waals surface area contributed by atoms with Crippen molar-refractivity contribution >= 4 is 5.57 Å². The second-order valence-electron chi connectivity index (χ2n) is 6.80. The standard InChI is InChI=1S/C22H21N5O2/c1-14(2)17-12-23-22(24-21(17)28-4)27-13-18(19-9-10-29-26-19)20(25-27)11-16-8-6-5-7-15(16)3/h5-10,12-13H,1,11H2,2-4H3. The maximum absolute atomic E-state index is 5.41. The van der Waals surface area contributed by atoms with Crippen molar-refractivity contribution in [3.05, 3.63) is 78.0 Å². The van der Waals surface area contributed by atoms with Gasteiger partial charge in [0.1, 0.15) is 12.0 Å². The molecule has 0 saturated carbocycles. The van der Waals surface area contributed by atoms with E-state index < -0.39 is 0 Å². The number of rotatable bonds is 6. The fraction of sp³-hybridized carbons (Fsp3) is 0.182. The summed E-state index contributed by atoms with van der Waals surface area (Å²) in [6, 6.07) is 10.1. The first-order valence-electron chi connectivity index (χ1n) is 9.18. The Hall–Kier alpha value is -3.74. The molecule has 1 aromatic carbocycles. The molecule has 0 spiro atoms. The van der Waals surface area contributed by atoms with Gasteiger partial charge in [0.15, 0.2) is 0 Å². The van der Waals surface area contributed by atoms with Gasteiger partial charge >= 0.3 is 0 Å². The van der Waals surface area contributed by atoms with Gasteiger partial charge < -0.3 is 9.26 Å². The molecule has 29 heavy (non-hydrogen) atoms. The minimum absolute atomic E-state index is 0.410. The van der Waals surface area contributed by atoms with E-state index in [1.54, 1.807) is 24.3 Å². The zero-order chi connectivity index (χ0) is 20.4. The Balaban J connectivity index is 1.80. The highest BCUT2D eigenvalue weighted by Crippen LogP contribution is 2.27. The second kappa shape index (κ2) is 7.71. The molecule has 0 bridgehead atoms. The molecule has 7 heteroatoms. The zero-order valence-electron chi connectivity index (χ0n) is 16.6. The number of hydrogen-bond donors (Lipinski definition) is 0. The molecular formula is C22H21N5O2. The summed E-state index contributed by atoms with van der Waals surface area (Å²) >= 11 is 0. The van der Waals surface area contributed by atoms with E-state index in [-0.39, 0.29) is 0 Å². The fourth-order valence-corrected chi connectivity index (χ4v) is 3.11. The molecule has 0 atom stereocenters. The van der Waals surface area contributed by atoms with Crippen LogP contribution in [0, 0.1) is 6.92 Å². The van der Waals surface area contributed by atoms with Crippen LogP contribution < -0.4 is 4.74 Å². The largest absolute Gasteiger partial charge is 0.480 e. The quantitative estimate of drug-likeness (QED) is 0.492. The molecule has 0 unspecified atom stereocenters. The van der Waals surface area contributed by atoms with Crippen molar-refractivity contribution in [2.75, 3.05) is 7.11 Å². The van der Waals surface area contributed by atoms with Crippen molar-refractivity contribution in [1.29, 1.82) is 0 Å². The van der Waals surface area contributed by atoms with E-state index in [9.17, 15) is 0 Å². The lowest BCUT2D eigenvalue weighted by Crippen LogP contribution is -2.05. The highest BCUT2D eigenvalue weighted by Gasteiger charge is 2.18. The first-order valence-corrected chi connectivity index (χ1v) is 9.18. The number of aryl methyl sites for hydroxylation is 1. The maximum atomic E-state index is 5.41. The number of hydrogen-bond acceptors (Lipinski definition) is 6. The van der Waals surface area contributed by atoms with Crippen LogP contribution in [0.4, 0.5) is 0 Å². The van der Waals surface area contributed by atoms with E-state index in [1.807, 2.05) is 31.3 Å². The van der Waals surface area contributed by atoms with Gasteiger partial charge in [-0.05, 0) is 30.5 Å². The summed E-state index contributed by atoms with van der Waals surface area (Å²) in [5.74, 6) is 0.870. The van der Waals surface area contributed by atoms with Crippen LogP contribution in [0.25, 0.3) is 22.8 Å². The van der Waals surface area contributed by atoms with Crippen LogP contribution in [0.3, 0.4) is 0 Å². The molecule has 3 aromatic heterocycles. The minimum Gasteiger partial charge on any atom is -0.480 e. The van der Waals surface area contributed by atoms with Crippen molar-refractivity contribution in [2.24, 2.45) is 0 Å². The van der Waals surface area contributed by atoms with E-state index in [0.29, 0.717) is 23.9 Å². The maximum Gasteiger partial charge on any atom is 0.253 e. The van der Waals surface area contributed by atoms with Crippen molar-refractivity contribution in [2.45, 2.75) is 20.3 Å². The average Bonchev–Trinajstić information content (AvgIpc) is 3.39. The highest BCUT2D eigenvalue weighted by atomic mass is 16.5. The molecule has 7 nitrogen and oxygen atoms in total. The van der Waals surface area contributed by atoms with Crippen LogP contribution >= 0.6 is 0 Å². The zero-order valence-corrected chi connectivity index (χ0v) is 16.6. The smallest absolute Gasteiger partial charge is 0.253 e. The predicted octanol–water partition coefficient (Wildman–Crippen LogP) is 4.26. The van der Waals surface area contributed by atoms with Crippen LogP contribution in [0.5, 0.6) is 5.88 Å². The highest BCUT2D eigenvalue weighted by molar-refractivity contribution is 5.65. The topological polar surface area (TPSA) is 78.9 Å². The van der Waals surface area contributed by atoms with Gasteiger partial charge in [-0.1, -0.05) is 36.0 Å². The summed E-state index contributed by atoms with van der Waals surface area (Å²) in [6.45, 7) is 7.92. The first-order chi connectivity index (χ1) is 14.1. The summed E-state index contributed by atoms with van der Waals surface area (Å²) in [7, 11) is 1.58. The van der Waals surface area contributed by atoms with Gasteiger partial charge in [-0.25, -0.2) is 9.67 Å². The number of allylic oxidation sites excluding steroid dienone is 1. The van der Waals surface area contributed by atoms with Gasteiger partial charge in [0.25, 0.3) is 5.95 Å². The molecule has 0 saturated heterocycles. The molecule has 0 radical (unpaired) electrons. The predicted molar refractivity (Wildman–Crippen MR) is 110 cm³/mol. The SMILES string of the molecule is C=C(C)c1cnc(-n2cc(-c3ccon3)c(Cc3ccccc3C)n2)nc1OC. The third-order valence-corrected chi connectivity index (χ3v) is 4.72. The number of benzene rings is 1. The molecule has 0 aliphatic heterocycles. The number of nitrogens with zero attached hydrogens (tertiary/aromatic N) is 5. The summed E-state index contributed by atoms with van der Waals surface area (Å²) in [6.07, 6.45) is 5.76. The molecule has 0 fully saturated rings. The van der Waals surface area contributed by atoms with Crippen molar-refractivity contribution in [1.82, 2.24) is 24.9 Å². The Bertz CT molecular complexity index is 1160. The Morgan fingerprint density at radius 3 is 2.76 bits per heavy atom. The fourth-order valence-electron chi connectivity index (χ4n) is 3.11. The third-order valence-electron chi connectivity index (χ3n) is 4.72. The molecule has 3 heterocycles. The lowest BCUT2D eigenvalue weighted by Gasteiger charge is -2.08. The molecule has 146 valence electrons. The van der Waals surface area contributed by atoms with E-state index in [4.69, 9.17) is 14.4 Å². The van der Waals surface area contributed by atoms with E-state index >= 15 is 0 Å². The second-order valence-corrected chi connectivity index (χ2v) is 6.80. The minimum atomic E-state index is 0.410. The van der Waals surface area contributed by atoms with Gasteiger partial charge in [-0.3, -0.25) is 0 Å². The van der Waals surface area contributed by atoms with Gasteiger partial charge in [-0.15, -0.1) is 0 Å². The van der Waals surface area contributed by atoms with Crippen LogP contribution in [0.1, 0.15) is 29.3 Å². The summed E-state index contributed by atoms with van der Waals surface area (Å²) in [5, 5.41) is 8.84. The van der Waals surface area contributed by atoms with Gasteiger partial charge in [-0.2, -0.15) is 10.1 Å². The number of ether oxygens (including phenoxy) is 1. The molecule has 0 N–H and O–H groups in total. The lowest BCUT2D eigenvalue weighted by molar-refractivity contribution is 0.394. The van der Waals surface area contributed by atoms with Crippen LogP contribution in [-0.4, -0.2) is 32.0 Å². The summed E-state index contributed by atoms with van der Waals surface area (Å²) in [4.78, 5) is 8.95. The molecular weight excluding hydrogens is 366 g/mol. The molecule has 0 aliphatic rings. The Labute approximate surface area is 168 Å². The van der Waals surface area contributed by atoms with Crippen molar-refractivity contribution in [3.8, 4) is 23.1 Å². The Kier molecular flexibility index (Phi) is 4.95. The van der Waals surface area contributed by atoms with Crippen LogP contribution in [0.2, 0.25) is 0 Å². The molecule has 0 aliphatic carbocycles. The first kappa shape index (κ1) is 18.6.